The number of para-hydroxylation sites is 2. The van der Waals surface area contributed by atoms with E-state index in [0.29, 0.717) is 16.3 Å². The fourth-order valence-electron chi connectivity index (χ4n) is 3.22. The van der Waals surface area contributed by atoms with Gasteiger partial charge in [0.05, 0.1) is 12.1 Å². The second-order valence-electron chi connectivity index (χ2n) is 7.35. The molecule has 6 heteroatoms. The maximum Gasteiger partial charge on any atom is 0.257 e. The fraction of sp³-hybridized carbons (Fsp3) is 0.200. The number of benzene rings is 3. The van der Waals surface area contributed by atoms with Crippen molar-refractivity contribution in [1.29, 1.82) is 0 Å². The van der Waals surface area contributed by atoms with Crippen LogP contribution in [0, 0.1) is 13.8 Å². The van der Waals surface area contributed by atoms with Crippen LogP contribution in [0.1, 0.15) is 27.0 Å². The van der Waals surface area contributed by atoms with E-state index in [4.69, 9.17) is 16.3 Å². The predicted octanol–water partition coefficient (Wildman–Crippen LogP) is 5.25. The van der Waals surface area contributed by atoms with Gasteiger partial charge in [-0.2, -0.15) is 0 Å². The first-order chi connectivity index (χ1) is 14.9. The van der Waals surface area contributed by atoms with Crippen molar-refractivity contribution in [3.8, 4) is 5.75 Å². The van der Waals surface area contributed by atoms with Gasteiger partial charge < -0.3 is 15.0 Å². The van der Waals surface area contributed by atoms with Crippen LogP contribution in [0.15, 0.2) is 66.7 Å². The summed E-state index contributed by atoms with van der Waals surface area (Å²) in [7, 11) is 1.59. The van der Waals surface area contributed by atoms with Gasteiger partial charge in [-0.25, -0.2) is 0 Å². The van der Waals surface area contributed by atoms with Crippen LogP contribution in [-0.2, 0) is 11.4 Å². The average molecular weight is 437 g/mol. The van der Waals surface area contributed by atoms with Crippen molar-refractivity contribution >= 4 is 29.1 Å². The summed E-state index contributed by atoms with van der Waals surface area (Å²) in [6.45, 7) is 4.03. The molecule has 0 bridgehead atoms. The van der Waals surface area contributed by atoms with E-state index in [0.717, 1.165) is 22.4 Å². The number of hydrogen-bond acceptors (Lipinski definition) is 3. The van der Waals surface area contributed by atoms with Gasteiger partial charge in [0.1, 0.15) is 12.4 Å². The average Bonchev–Trinajstić information content (AvgIpc) is 2.75. The zero-order chi connectivity index (χ0) is 22.4. The number of nitrogens with zero attached hydrogens (tertiary/aromatic N) is 1. The highest BCUT2D eigenvalue weighted by Gasteiger charge is 2.19. The van der Waals surface area contributed by atoms with Crippen molar-refractivity contribution in [2.45, 2.75) is 20.5 Å². The molecular formula is C25H25ClN2O3. The third-order valence-electron chi connectivity index (χ3n) is 4.93. The number of anilines is 1. The second-order valence-corrected chi connectivity index (χ2v) is 7.76. The molecular weight excluding hydrogens is 412 g/mol. The topological polar surface area (TPSA) is 58.6 Å². The van der Waals surface area contributed by atoms with Crippen LogP contribution in [0.5, 0.6) is 5.75 Å². The van der Waals surface area contributed by atoms with Gasteiger partial charge in [0, 0.05) is 23.3 Å². The molecule has 0 aliphatic carbocycles. The molecule has 0 saturated heterocycles. The molecule has 3 aromatic carbocycles. The molecule has 0 spiro atoms. The van der Waals surface area contributed by atoms with Crippen molar-refractivity contribution in [1.82, 2.24) is 4.90 Å². The van der Waals surface area contributed by atoms with E-state index in [1.165, 1.54) is 4.90 Å². The maximum atomic E-state index is 13.0. The molecule has 0 heterocycles. The highest BCUT2D eigenvalue weighted by atomic mass is 35.5. The summed E-state index contributed by atoms with van der Waals surface area (Å²) in [5.74, 6) is -0.122. The normalized spacial score (nSPS) is 10.5. The van der Waals surface area contributed by atoms with E-state index >= 15 is 0 Å². The first kappa shape index (κ1) is 22.4. The third-order valence-corrected chi connectivity index (χ3v) is 5.30. The number of hydrogen-bond donors (Lipinski definition) is 1. The number of amides is 2. The number of aryl methyl sites for hydroxylation is 2. The van der Waals surface area contributed by atoms with Crippen LogP contribution >= 0.6 is 11.6 Å². The van der Waals surface area contributed by atoms with Gasteiger partial charge in [-0.05, 0) is 43.2 Å². The molecule has 3 aromatic rings. The highest BCUT2D eigenvalue weighted by molar-refractivity contribution is 6.31. The van der Waals surface area contributed by atoms with Crippen molar-refractivity contribution < 1.29 is 14.3 Å². The zero-order valence-electron chi connectivity index (χ0n) is 17.8. The summed E-state index contributed by atoms with van der Waals surface area (Å²) in [5.41, 5.74) is 3.93. The van der Waals surface area contributed by atoms with E-state index < -0.39 is 0 Å². The van der Waals surface area contributed by atoms with Crippen molar-refractivity contribution in [3.63, 3.8) is 0 Å². The molecule has 0 aliphatic heterocycles. The number of halogens is 1. The van der Waals surface area contributed by atoms with Crippen LogP contribution in [0.3, 0.4) is 0 Å². The number of ether oxygens (including phenoxy) is 1. The number of likely N-dealkylation sites (N-methyl/N-ethyl adjacent to an activating group) is 1. The van der Waals surface area contributed by atoms with Gasteiger partial charge in [0.25, 0.3) is 5.91 Å². The second kappa shape index (κ2) is 10.1. The van der Waals surface area contributed by atoms with Gasteiger partial charge in [0.2, 0.25) is 5.91 Å². The van der Waals surface area contributed by atoms with Gasteiger partial charge in [-0.3, -0.25) is 9.59 Å². The third kappa shape index (κ3) is 5.64. The first-order valence-electron chi connectivity index (χ1n) is 9.93. The smallest absolute Gasteiger partial charge is 0.257 e. The SMILES string of the molecule is Cc1cccc(C)c1NC(=O)CN(C)C(=O)c1ccccc1OCc1ccccc1Cl. The summed E-state index contributed by atoms with van der Waals surface area (Å²) in [5, 5.41) is 3.51. The molecule has 31 heavy (non-hydrogen) atoms. The Hall–Kier alpha value is -3.31. The number of carbonyl (C=O) groups excluding carboxylic acids is 2. The van der Waals surface area contributed by atoms with E-state index in [9.17, 15) is 9.59 Å². The summed E-state index contributed by atoms with van der Waals surface area (Å²) in [4.78, 5) is 26.9. The van der Waals surface area contributed by atoms with Crippen LogP contribution in [0.25, 0.3) is 0 Å². The minimum Gasteiger partial charge on any atom is -0.488 e. The number of carbonyl (C=O) groups is 2. The van der Waals surface area contributed by atoms with Gasteiger partial charge in [0.15, 0.2) is 0 Å². The van der Waals surface area contributed by atoms with E-state index in [-0.39, 0.29) is 25.0 Å². The van der Waals surface area contributed by atoms with Gasteiger partial charge in [-0.15, -0.1) is 0 Å². The minimum atomic E-state index is -0.300. The lowest BCUT2D eigenvalue weighted by atomic mass is 10.1. The van der Waals surface area contributed by atoms with Gasteiger partial charge >= 0.3 is 0 Å². The summed E-state index contributed by atoms with van der Waals surface area (Å²) in [6, 6.07) is 20.2. The lowest BCUT2D eigenvalue weighted by molar-refractivity contribution is -0.116. The molecule has 0 radical (unpaired) electrons. The van der Waals surface area contributed by atoms with Crippen LogP contribution in [0.4, 0.5) is 5.69 Å². The molecule has 0 unspecified atom stereocenters. The predicted molar refractivity (Wildman–Crippen MR) is 124 cm³/mol. The molecule has 160 valence electrons. The molecule has 3 rings (SSSR count). The molecule has 0 atom stereocenters. The van der Waals surface area contributed by atoms with E-state index in [1.807, 2.05) is 50.2 Å². The van der Waals surface area contributed by atoms with E-state index in [1.54, 1.807) is 37.4 Å². The Morgan fingerprint density at radius 2 is 1.58 bits per heavy atom. The fourth-order valence-corrected chi connectivity index (χ4v) is 3.41. The Bertz CT molecular complexity index is 1080. The van der Waals surface area contributed by atoms with Crippen LogP contribution in [0.2, 0.25) is 5.02 Å². The first-order valence-corrected chi connectivity index (χ1v) is 10.3. The molecule has 5 nitrogen and oxygen atoms in total. The molecule has 0 fully saturated rings. The Kier molecular flexibility index (Phi) is 7.32. The van der Waals surface area contributed by atoms with E-state index in [2.05, 4.69) is 5.32 Å². The Labute approximate surface area is 187 Å². The molecule has 2 amide bonds. The van der Waals surface area contributed by atoms with Gasteiger partial charge in [-0.1, -0.05) is 60.1 Å². The number of nitrogens with one attached hydrogen (secondary N) is 1. The number of rotatable bonds is 7. The van der Waals surface area contributed by atoms with Crippen LogP contribution in [-0.4, -0.2) is 30.3 Å². The van der Waals surface area contributed by atoms with Crippen molar-refractivity contribution in [2.75, 3.05) is 18.9 Å². The Morgan fingerprint density at radius 3 is 2.29 bits per heavy atom. The van der Waals surface area contributed by atoms with Crippen molar-refractivity contribution in [3.05, 3.63) is 94.0 Å². The lowest BCUT2D eigenvalue weighted by Crippen LogP contribution is -2.35. The highest BCUT2D eigenvalue weighted by Crippen LogP contribution is 2.23. The Morgan fingerprint density at radius 1 is 0.935 bits per heavy atom. The summed E-state index contributed by atoms with van der Waals surface area (Å²) < 4.78 is 5.87. The van der Waals surface area contributed by atoms with Crippen LogP contribution < -0.4 is 10.1 Å². The Balaban J connectivity index is 1.68. The molecule has 0 aromatic heterocycles. The van der Waals surface area contributed by atoms with Crippen molar-refractivity contribution in [2.24, 2.45) is 0 Å². The quantitative estimate of drug-likeness (QED) is 0.550. The monoisotopic (exact) mass is 436 g/mol. The zero-order valence-corrected chi connectivity index (χ0v) is 18.6. The summed E-state index contributed by atoms with van der Waals surface area (Å²) in [6.07, 6.45) is 0. The minimum absolute atomic E-state index is 0.0779. The summed E-state index contributed by atoms with van der Waals surface area (Å²) >= 11 is 6.19. The molecule has 1 N–H and O–H groups in total. The lowest BCUT2D eigenvalue weighted by Gasteiger charge is -2.20. The standard InChI is InChI=1S/C25H25ClN2O3/c1-17-9-8-10-18(2)24(17)27-23(29)15-28(3)25(30)20-12-5-7-14-22(20)31-16-19-11-4-6-13-21(19)26/h4-14H,15-16H2,1-3H3,(H,27,29). The molecule has 0 aliphatic rings. The largest absolute Gasteiger partial charge is 0.488 e. The molecule has 0 saturated carbocycles. The maximum absolute atomic E-state index is 13.0.